The van der Waals surface area contributed by atoms with Gasteiger partial charge in [-0.1, -0.05) is 221 Å². The summed E-state index contributed by atoms with van der Waals surface area (Å²) in [5.74, 6) is 4.98. The molecule has 12 rings (SSSR count). The predicted molar refractivity (Wildman–Crippen MR) is 286 cm³/mol. The van der Waals surface area contributed by atoms with Gasteiger partial charge < -0.3 is 0 Å². The van der Waals surface area contributed by atoms with Gasteiger partial charge >= 0.3 is 0 Å². The Morgan fingerprint density at radius 2 is 0.586 bits per heavy atom. The van der Waals surface area contributed by atoms with E-state index < -0.39 is 0 Å². The van der Waals surface area contributed by atoms with Gasteiger partial charge in [0.15, 0.2) is 34.9 Å². The molecule has 0 N–H and O–H groups in total. The molecule has 2 aromatic heterocycles. The van der Waals surface area contributed by atoms with Crippen LogP contribution < -0.4 is 0 Å². The number of nitrogens with zero attached hydrogens (tertiary/aromatic N) is 6. The molecule has 2 aliphatic carbocycles. The third kappa shape index (κ3) is 8.82. The summed E-state index contributed by atoms with van der Waals surface area (Å²) in [5.41, 5.74) is 13.3. The predicted octanol–water partition coefficient (Wildman–Crippen LogP) is 16.6. The zero-order chi connectivity index (χ0) is 46.6. The molecule has 6 nitrogen and oxygen atoms in total. The van der Waals surface area contributed by atoms with Gasteiger partial charge in [0.25, 0.3) is 0 Å². The Hall–Kier alpha value is -7.96. The van der Waals surface area contributed by atoms with Crippen LogP contribution in [0.15, 0.2) is 194 Å². The average molecular weight is 907 g/mol. The van der Waals surface area contributed by atoms with Crippen LogP contribution in [0.2, 0.25) is 0 Å². The van der Waals surface area contributed by atoms with Crippen molar-refractivity contribution in [3.63, 3.8) is 0 Å². The second-order valence-corrected chi connectivity index (χ2v) is 19.1. The first-order valence-electron chi connectivity index (χ1n) is 25.3. The van der Waals surface area contributed by atoms with Gasteiger partial charge in [-0.2, -0.15) is 0 Å². The Kier molecular flexibility index (Phi) is 12.1. The Morgan fingerprint density at radius 3 is 0.929 bits per heavy atom. The Labute approximate surface area is 410 Å². The molecule has 0 saturated heterocycles. The van der Waals surface area contributed by atoms with Crippen molar-refractivity contribution in [2.75, 3.05) is 0 Å². The van der Waals surface area contributed by atoms with Crippen molar-refractivity contribution < 1.29 is 0 Å². The van der Waals surface area contributed by atoms with E-state index in [1.807, 2.05) is 72.8 Å². The first-order valence-corrected chi connectivity index (χ1v) is 25.3. The lowest BCUT2D eigenvalue weighted by atomic mass is 9.80. The van der Waals surface area contributed by atoms with Gasteiger partial charge in [-0.3, -0.25) is 0 Å². The molecule has 8 aromatic carbocycles. The molecule has 0 amide bonds. The Balaban J connectivity index is 1.04. The van der Waals surface area contributed by atoms with Crippen LogP contribution in [-0.2, 0) is 0 Å². The fraction of sp³-hybridized carbons (Fsp3) is 0.188. The topological polar surface area (TPSA) is 77.3 Å². The molecular weight excluding hydrogens is 853 g/mol. The average Bonchev–Trinajstić information content (AvgIpc) is 3.45. The molecule has 2 saturated carbocycles. The van der Waals surface area contributed by atoms with Crippen molar-refractivity contribution in [2.45, 2.75) is 76.0 Å². The van der Waals surface area contributed by atoms with Crippen molar-refractivity contribution in [3.8, 4) is 90.6 Å². The SMILES string of the molecule is c1ccc(-c2nc(-c3ccccc3)nc(-c3cc(-c4cccc5cccc(-c6ccc(C7CCCCC7)c(-c7nc(-c8ccccc8)nc(-c8ccccc8)n7)c6)c45)ccc3C3CCCCC3)n2)cc1. The van der Waals surface area contributed by atoms with E-state index in [9.17, 15) is 0 Å². The maximum Gasteiger partial charge on any atom is 0.164 e. The van der Waals surface area contributed by atoms with E-state index in [0.29, 0.717) is 46.8 Å². The molecule has 0 radical (unpaired) electrons. The number of hydrogen-bond donors (Lipinski definition) is 0. The lowest BCUT2D eigenvalue weighted by Gasteiger charge is -2.25. The lowest BCUT2D eigenvalue weighted by molar-refractivity contribution is 0.444. The molecule has 2 heterocycles. The van der Waals surface area contributed by atoms with Gasteiger partial charge in [-0.05, 0) is 93.8 Å². The standard InChI is InChI=1S/C64H54N6/c1-7-21-43(22-8-1)52-39-37-50(41-56(52)63-67-59(46-25-11-3-12-26-46)65-60(68-63)47-27-13-4-14-28-47)54-35-19-33-45-34-20-36-55(58(45)54)51-38-40-53(44-23-9-2-10-24-44)57(42-51)64-69-61(48-29-15-5-16-30-48)66-62(70-64)49-31-17-6-18-32-49/h3-6,11-20,25-44H,1-2,7-10,21-24H2. The summed E-state index contributed by atoms with van der Waals surface area (Å²) in [5, 5.41) is 2.38. The molecule has 70 heavy (non-hydrogen) atoms. The third-order valence-corrected chi connectivity index (χ3v) is 14.6. The molecule has 6 heteroatoms. The maximum atomic E-state index is 5.31. The Bertz CT molecular complexity index is 3090. The van der Waals surface area contributed by atoms with Gasteiger partial charge in [-0.25, -0.2) is 29.9 Å². The van der Waals surface area contributed by atoms with Crippen molar-refractivity contribution >= 4 is 10.8 Å². The summed E-state index contributed by atoms with van der Waals surface area (Å²) in [6, 6.07) is 68.8. The van der Waals surface area contributed by atoms with Gasteiger partial charge in [0, 0.05) is 33.4 Å². The number of rotatable bonds is 10. The third-order valence-electron chi connectivity index (χ3n) is 14.6. The number of aromatic nitrogens is 6. The molecule has 0 atom stereocenters. The minimum atomic E-state index is 0.430. The molecule has 0 bridgehead atoms. The van der Waals surface area contributed by atoms with Crippen molar-refractivity contribution in [1.29, 1.82) is 0 Å². The smallest absolute Gasteiger partial charge is 0.164 e. The highest BCUT2D eigenvalue weighted by Crippen LogP contribution is 2.45. The first-order chi connectivity index (χ1) is 34.7. The molecule has 2 fully saturated rings. The highest BCUT2D eigenvalue weighted by atomic mass is 15.0. The summed E-state index contributed by atoms with van der Waals surface area (Å²) in [7, 11) is 0. The number of fused-ring (bicyclic) bond motifs is 1. The van der Waals surface area contributed by atoms with E-state index in [1.165, 1.54) is 71.6 Å². The fourth-order valence-corrected chi connectivity index (χ4v) is 11.1. The van der Waals surface area contributed by atoms with Crippen LogP contribution in [0.5, 0.6) is 0 Å². The van der Waals surface area contributed by atoms with Crippen molar-refractivity contribution in [1.82, 2.24) is 29.9 Å². The Morgan fingerprint density at radius 1 is 0.257 bits per heavy atom. The van der Waals surface area contributed by atoms with Gasteiger partial charge in [0.2, 0.25) is 0 Å². The summed E-state index contributed by atoms with van der Waals surface area (Å²) >= 11 is 0. The van der Waals surface area contributed by atoms with Gasteiger partial charge in [-0.15, -0.1) is 0 Å². The maximum absolute atomic E-state index is 5.31. The van der Waals surface area contributed by atoms with E-state index in [0.717, 1.165) is 70.2 Å². The van der Waals surface area contributed by atoms with Crippen LogP contribution in [0, 0.1) is 0 Å². The van der Waals surface area contributed by atoms with Crippen LogP contribution in [0.1, 0.15) is 87.2 Å². The van der Waals surface area contributed by atoms with Gasteiger partial charge in [0.1, 0.15) is 0 Å². The highest BCUT2D eigenvalue weighted by Gasteiger charge is 2.26. The van der Waals surface area contributed by atoms with E-state index in [1.54, 1.807) is 0 Å². The summed E-state index contributed by atoms with van der Waals surface area (Å²) < 4.78 is 0. The molecular formula is C64H54N6. The van der Waals surface area contributed by atoms with E-state index in [-0.39, 0.29) is 0 Å². The van der Waals surface area contributed by atoms with Crippen LogP contribution in [0.3, 0.4) is 0 Å². The lowest BCUT2D eigenvalue weighted by Crippen LogP contribution is -2.08. The number of benzene rings is 8. The van der Waals surface area contributed by atoms with E-state index in [2.05, 4.69) is 121 Å². The van der Waals surface area contributed by atoms with Gasteiger partial charge in [0.05, 0.1) is 0 Å². The van der Waals surface area contributed by atoms with Crippen molar-refractivity contribution in [2.24, 2.45) is 0 Å². The number of hydrogen-bond acceptors (Lipinski definition) is 6. The fourth-order valence-electron chi connectivity index (χ4n) is 11.1. The first kappa shape index (κ1) is 43.3. The molecule has 0 spiro atoms. The molecule has 340 valence electrons. The zero-order valence-corrected chi connectivity index (χ0v) is 39.4. The van der Waals surface area contributed by atoms with E-state index >= 15 is 0 Å². The minimum absolute atomic E-state index is 0.430. The minimum Gasteiger partial charge on any atom is -0.208 e. The van der Waals surface area contributed by atoms with Crippen LogP contribution >= 0.6 is 0 Å². The summed E-state index contributed by atoms with van der Waals surface area (Å²) in [6.07, 6.45) is 12.1. The normalized spacial score (nSPS) is 14.5. The highest BCUT2D eigenvalue weighted by molar-refractivity contribution is 6.07. The van der Waals surface area contributed by atoms with Crippen LogP contribution in [-0.4, -0.2) is 29.9 Å². The second kappa shape index (κ2) is 19.6. The summed E-state index contributed by atoms with van der Waals surface area (Å²) in [6.45, 7) is 0. The summed E-state index contributed by atoms with van der Waals surface area (Å²) in [4.78, 5) is 31.4. The molecule has 0 unspecified atom stereocenters. The monoisotopic (exact) mass is 906 g/mol. The molecule has 2 aliphatic rings. The second-order valence-electron chi connectivity index (χ2n) is 19.1. The quantitative estimate of drug-likeness (QED) is 0.136. The molecule has 0 aliphatic heterocycles. The van der Waals surface area contributed by atoms with Crippen LogP contribution in [0.4, 0.5) is 0 Å². The van der Waals surface area contributed by atoms with E-state index in [4.69, 9.17) is 29.9 Å². The zero-order valence-electron chi connectivity index (χ0n) is 39.4. The largest absolute Gasteiger partial charge is 0.208 e. The van der Waals surface area contributed by atoms with Crippen LogP contribution in [0.25, 0.3) is 101 Å². The van der Waals surface area contributed by atoms with Crippen molar-refractivity contribution in [3.05, 3.63) is 205 Å². The molecule has 10 aromatic rings.